The van der Waals surface area contributed by atoms with Crippen LogP contribution in [0.1, 0.15) is 51.1 Å². The number of unbranched alkanes of at least 4 members (excludes halogenated alkanes) is 5. The lowest BCUT2D eigenvalue weighted by atomic mass is 10.1. The highest BCUT2D eigenvalue weighted by Gasteiger charge is 2.05. The summed E-state index contributed by atoms with van der Waals surface area (Å²) in [6.07, 6.45) is 10.4. The molecule has 2 aromatic heterocycles. The van der Waals surface area contributed by atoms with Crippen molar-refractivity contribution in [2.75, 3.05) is 12.4 Å². The van der Waals surface area contributed by atoms with Crippen molar-refractivity contribution in [3.05, 3.63) is 18.1 Å². The van der Waals surface area contributed by atoms with Crippen LogP contribution in [0.25, 0.3) is 5.78 Å². The molecule has 0 bridgehead atoms. The molecule has 0 radical (unpaired) electrons. The molecule has 2 rings (SSSR count). The van der Waals surface area contributed by atoms with Crippen LogP contribution in [0.4, 0.5) is 5.82 Å². The van der Waals surface area contributed by atoms with E-state index in [1.54, 1.807) is 4.52 Å². The molecule has 0 atom stereocenters. The van der Waals surface area contributed by atoms with E-state index in [9.17, 15) is 0 Å². The van der Waals surface area contributed by atoms with Crippen molar-refractivity contribution >= 4 is 11.6 Å². The zero-order valence-electron chi connectivity index (χ0n) is 11.9. The fourth-order valence-corrected chi connectivity index (χ4v) is 2.25. The Hall–Kier alpha value is -1.65. The number of anilines is 1. The van der Waals surface area contributed by atoms with Crippen molar-refractivity contribution in [3.63, 3.8) is 0 Å². The van der Waals surface area contributed by atoms with Crippen LogP contribution in [0.5, 0.6) is 0 Å². The van der Waals surface area contributed by atoms with Gasteiger partial charge in [0.2, 0.25) is 0 Å². The maximum Gasteiger partial charge on any atom is 0.254 e. The quantitative estimate of drug-likeness (QED) is 0.742. The Morgan fingerprint density at radius 2 is 1.95 bits per heavy atom. The van der Waals surface area contributed by atoms with E-state index in [0.717, 1.165) is 17.9 Å². The van der Waals surface area contributed by atoms with Crippen LogP contribution in [0.15, 0.2) is 12.4 Å². The van der Waals surface area contributed by atoms with Gasteiger partial charge in [-0.2, -0.15) is 14.6 Å². The van der Waals surface area contributed by atoms with Crippen LogP contribution < -0.4 is 5.32 Å². The summed E-state index contributed by atoms with van der Waals surface area (Å²) in [5.41, 5.74) is 1.10. The van der Waals surface area contributed by atoms with Gasteiger partial charge in [0.15, 0.2) is 0 Å². The van der Waals surface area contributed by atoms with E-state index >= 15 is 0 Å². The standard InChI is InChI=1S/C14H23N5/c1-3-4-5-6-7-8-9-12-10-13(15-2)19-14(18-12)16-11-17-19/h10-11,15H,3-9H2,1-2H3. The normalized spacial score (nSPS) is 11.1. The SMILES string of the molecule is CCCCCCCCc1cc(NC)n2ncnc2n1. The van der Waals surface area contributed by atoms with Crippen LogP contribution >= 0.6 is 0 Å². The number of nitrogens with one attached hydrogen (secondary N) is 1. The molecular formula is C14H23N5. The number of hydrogen-bond acceptors (Lipinski definition) is 4. The molecule has 0 saturated carbocycles. The summed E-state index contributed by atoms with van der Waals surface area (Å²) in [5.74, 6) is 1.62. The van der Waals surface area contributed by atoms with Gasteiger partial charge in [0.1, 0.15) is 12.1 Å². The Morgan fingerprint density at radius 3 is 2.74 bits per heavy atom. The monoisotopic (exact) mass is 261 g/mol. The first kappa shape index (κ1) is 13.8. The first-order valence-corrected chi connectivity index (χ1v) is 7.22. The molecule has 2 heterocycles. The molecule has 0 aromatic carbocycles. The third-order valence-electron chi connectivity index (χ3n) is 3.35. The van der Waals surface area contributed by atoms with Crippen LogP contribution in [0, 0.1) is 0 Å². The Balaban J connectivity index is 1.89. The molecule has 1 N–H and O–H groups in total. The minimum absolute atomic E-state index is 0.674. The lowest BCUT2D eigenvalue weighted by Crippen LogP contribution is -2.04. The first-order chi connectivity index (χ1) is 9.35. The van der Waals surface area contributed by atoms with Gasteiger partial charge in [-0.1, -0.05) is 39.0 Å². The van der Waals surface area contributed by atoms with Gasteiger partial charge in [-0.3, -0.25) is 0 Å². The molecule has 0 spiro atoms. The van der Waals surface area contributed by atoms with Gasteiger partial charge < -0.3 is 5.32 Å². The molecule has 19 heavy (non-hydrogen) atoms. The van der Waals surface area contributed by atoms with Crippen LogP contribution in [-0.2, 0) is 6.42 Å². The molecule has 2 aromatic rings. The molecule has 0 saturated heterocycles. The maximum absolute atomic E-state index is 4.53. The Labute approximate surface area is 114 Å². The van der Waals surface area contributed by atoms with E-state index in [2.05, 4.69) is 33.4 Å². The first-order valence-electron chi connectivity index (χ1n) is 7.22. The van der Waals surface area contributed by atoms with E-state index in [1.807, 2.05) is 7.05 Å². The van der Waals surface area contributed by atoms with Gasteiger partial charge >= 0.3 is 0 Å². The predicted octanol–water partition coefficient (Wildman–Crippen LogP) is 3.07. The number of rotatable bonds is 8. The van der Waals surface area contributed by atoms with E-state index in [0.29, 0.717) is 5.78 Å². The second-order valence-corrected chi connectivity index (χ2v) is 4.87. The smallest absolute Gasteiger partial charge is 0.254 e. The Bertz CT molecular complexity index is 506. The number of aryl methyl sites for hydroxylation is 1. The predicted molar refractivity (Wildman–Crippen MR) is 77.4 cm³/mol. The summed E-state index contributed by atoms with van der Waals surface area (Å²) >= 11 is 0. The van der Waals surface area contributed by atoms with E-state index < -0.39 is 0 Å². The molecule has 0 unspecified atom stereocenters. The molecule has 0 fully saturated rings. The van der Waals surface area contributed by atoms with Crippen molar-refractivity contribution < 1.29 is 0 Å². The number of fused-ring (bicyclic) bond motifs is 1. The number of nitrogens with zero attached hydrogens (tertiary/aromatic N) is 4. The van der Waals surface area contributed by atoms with Gasteiger partial charge in [0.05, 0.1) is 0 Å². The van der Waals surface area contributed by atoms with Crippen molar-refractivity contribution in [2.24, 2.45) is 0 Å². The van der Waals surface area contributed by atoms with Crippen LogP contribution in [0.2, 0.25) is 0 Å². The summed E-state index contributed by atoms with van der Waals surface area (Å²) in [4.78, 5) is 8.68. The van der Waals surface area contributed by atoms with Gasteiger partial charge in [0, 0.05) is 18.8 Å². The average molecular weight is 261 g/mol. The highest BCUT2D eigenvalue weighted by Crippen LogP contribution is 2.13. The van der Waals surface area contributed by atoms with Gasteiger partial charge in [-0.25, -0.2) is 4.98 Å². The Morgan fingerprint density at radius 1 is 1.16 bits per heavy atom. The third kappa shape index (κ3) is 3.66. The molecule has 0 aliphatic rings. The van der Waals surface area contributed by atoms with Crippen molar-refractivity contribution in [1.29, 1.82) is 0 Å². The van der Waals surface area contributed by atoms with Gasteiger partial charge in [-0.05, 0) is 12.8 Å². The largest absolute Gasteiger partial charge is 0.373 e. The highest BCUT2D eigenvalue weighted by atomic mass is 15.3. The van der Waals surface area contributed by atoms with Gasteiger partial charge in [-0.15, -0.1) is 0 Å². The molecule has 5 heteroatoms. The summed E-state index contributed by atoms with van der Waals surface area (Å²) in [6.45, 7) is 2.25. The minimum atomic E-state index is 0.674. The van der Waals surface area contributed by atoms with Crippen LogP contribution in [-0.4, -0.2) is 26.6 Å². The second-order valence-electron chi connectivity index (χ2n) is 4.87. The molecule has 0 aliphatic carbocycles. The fourth-order valence-electron chi connectivity index (χ4n) is 2.25. The average Bonchev–Trinajstić information content (AvgIpc) is 2.90. The van der Waals surface area contributed by atoms with E-state index in [4.69, 9.17) is 0 Å². The lowest BCUT2D eigenvalue weighted by Gasteiger charge is -2.06. The molecule has 104 valence electrons. The molecular weight excluding hydrogens is 238 g/mol. The van der Waals surface area contributed by atoms with Gasteiger partial charge in [0.25, 0.3) is 5.78 Å². The van der Waals surface area contributed by atoms with Crippen molar-refractivity contribution in [1.82, 2.24) is 19.6 Å². The summed E-state index contributed by atoms with van der Waals surface area (Å²) in [6, 6.07) is 2.06. The summed E-state index contributed by atoms with van der Waals surface area (Å²) < 4.78 is 1.73. The summed E-state index contributed by atoms with van der Waals surface area (Å²) in [7, 11) is 1.89. The van der Waals surface area contributed by atoms with E-state index in [1.165, 1.54) is 44.9 Å². The topological polar surface area (TPSA) is 55.1 Å². The minimum Gasteiger partial charge on any atom is -0.373 e. The van der Waals surface area contributed by atoms with Crippen molar-refractivity contribution in [2.45, 2.75) is 51.9 Å². The van der Waals surface area contributed by atoms with Crippen LogP contribution in [0.3, 0.4) is 0 Å². The second kappa shape index (κ2) is 7.07. The maximum atomic E-state index is 4.53. The molecule has 0 amide bonds. The lowest BCUT2D eigenvalue weighted by molar-refractivity contribution is 0.604. The zero-order chi connectivity index (χ0) is 13.5. The zero-order valence-corrected chi connectivity index (χ0v) is 11.9. The highest BCUT2D eigenvalue weighted by molar-refractivity contribution is 5.44. The summed E-state index contributed by atoms with van der Waals surface area (Å²) in [5, 5.41) is 7.28. The number of hydrogen-bond donors (Lipinski definition) is 1. The molecule has 5 nitrogen and oxygen atoms in total. The number of aromatic nitrogens is 4. The van der Waals surface area contributed by atoms with E-state index in [-0.39, 0.29) is 0 Å². The van der Waals surface area contributed by atoms with Crippen molar-refractivity contribution in [3.8, 4) is 0 Å². The third-order valence-corrected chi connectivity index (χ3v) is 3.35. The Kier molecular flexibility index (Phi) is 5.12. The fraction of sp³-hybridized carbons (Fsp3) is 0.643. The molecule has 0 aliphatic heterocycles.